The molecule has 16 heavy (non-hydrogen) atoms. The second-order valence-corrected chi connectivity index (χ2v) is 4.61. The molecule has 1 N–H and O–H groups in total. The average molecular weight is 287 g/mol. The molecule has 0 atom stereocenters. The van der Waals surface area contributed by atoms with E-state index >= 15 is 0 Å². The number of aryl methyl sites for hydroxylation is 1. The lowest BCUT2D eigenvalue weighted by Crippen LogP contribution is -2.38. The molecular weight excluding hydrogens is 268 g/mol. The van der Waals surface area contributed by atoms with E-state index in [4.69, 9.17) is 0 Å². The summed E-state index contributed by atoms with van der Waals surface area (Å²) in [4.78, 5) is 6.32. The fraction of sp³-hybridized carbons (Fsp3) is 0.545. The first-order valence-corrected chi connectivity index (χ1v) is 6.10. The van der Waals surface area contributed by atoms with Gasteiger partial charge in [0.25, 0.3) is 0 Å². The Bertz CT molecular complexity index is 370. The number of hydrogen-bond donors (Lipinski definition) is 1. The van der Waals surface area contributed by atoms with Gasteiger partial charge in [0, 0.05) is 44.1 Å². The zero-order valence-corrected chi connectivity index (χ0v) is 11.9. The second-order valence-electron chi connectivity index (χ2n) is 3.69. The first-order chi connectivity index (χ1) is 7.58. The van der Waals surface area contributed by atoms with E-state index in [0.717, 1.165) is 23.5 Å². The molecular formula is C11H19BrN4. The van der Waals surface area contributed by atoms with Gasteiger partial charge in [0.1, 0.15) is 0 Å². The molecule has 0 radical (unpaired) electrons. The normalized spacial score (nSPS) is 11.7. The van der Waals surface area contributed by atoms with Crippen LogP contribution < -0.4 is 5.32 Å². The van der Waals surface area contributed by atoms with Gasteiger partial charge in [0.15, 0.2) is 5.96 Å². The quantitative estimate of drug-likeness (QED) is 0.679. The van der Waals surface area contributed by atoms with Crippen molar-refractivity contribution in [3.05, 3.63) is 22.4 Å². The number of nitrogens with one attached hydrogen (secondary N) is 1. The Morgan fingerprint density at radius 1 is 1.62 bits per heavy atom. The van der Waals surface area contributed by atoms with Gasteiger partial charge in [-0.1, -0.05) is 0 Å². The molecule has 0 aliphatic rings. The van der Waals surface area contributed by atoms with Crippen molar-refractivity contribution in [2.75, 3.05) is 20.6 Å². The lowest BCUT2D eigenvalue weighted by atomic mass is 10.4. The van der Waals surface area contributed by atoms with Crippen LogP contribution in [0.3, 0.4) is 0 Å². The molecule has 0 bridgehead atoms. The molecule has 1 heterocycles. The third-order valence-electron chi connectivity index (χ3n) is 2.38. The summed E-state index contributed by atoms with van der Waals surface area (Å²) in [5.41, 5.74) is 1.24. The zero-order valence-electron chi connectivity index (χ0n) is 10.3. The van der Waals surface area contributed by atoms with Crippen molar-refractivity contribution in [1.82, 2.24) is 14.8 Å². The molecule has 0 unspecified atom stereocenters. The van der Waals surface area contributed by atoms with Crippen LogP contribution >= 0.6 is 15.9 Å². The van der Waals surface area contributed by atoms with Crippen LogP contribution in [-0.2, 0) is 13.6 Å². The Morgan fingerprint density at radius 2 is 2.31 bits per heavy atom. The summed E-state index contributed by atoms with van der Waals surface area (Å²) in [6, 6.07) is 2.12. The van der Waals surface area contributed by atoms with Gasteiger partial charge in [0.05, 0.1) is 6.54 Å². The fourth-order valence-electron chi connectivity index (χ4n) is 1.58. The van der Waals surface area contributed by atoms with Gasteiger partial charge in [-0.3, -0.25) is 4.99 Å². The number of hydrogen-bond acceptors (Lipinski definition) is 1. The van der Waals surface area contributed by atoms with Crippen LogP contribution in [0.25, 0.3) is 0 Å². The van der Waals surface area contributed by atoms with E-state index in [0.29, 0.717) is 0 Å². The minimum atomic E-state index is 0.835. The van der Waals surface area contributed by atoms with E-state index in [1.165, 1.54) is 5.69 Å². The van der Waals surface area contributed by atoms with Crippen molar-refractivity contribution in [2.45, 2.75) is 13.5 Å². The van der Waals surface area contributed by atoms with Crippen molar-refractivity contribution >= 4 is 21.9 Å². The van der Waals surface area contributed by atoms with E-state index in [1.54, 1.807) is 7.05 Å². The Kier molecular flexibility index (Phi) is 4.86. The minimum Gasteiger partial charge on any atom is -0.357 e. The molecule has 1 rings (SSSR count). The fourth-order valence-corrected chi connectivity index (χ4v) is 2.16. The van der Waals surface area contributed by atoms with Crippen molar-refractivity contribution < 1.29 is 0 Å². The number of aliphatic imine (C=N–C) groups is 1. The summed E-state index contributed by atoms with van der Waals surface area (Å²) < 4.78 is 3.22. The number of aromatic nitrogens is 1. The molecule has 0 saturated heterocycles. The van der Waals surface area contributed by atoms with Gasteiger partial charge >= 0.3 is 0 Å². The summed E-state index contributed by atoms with van der Waals surface area (Å²) >= 11 is 3.47. The molecule has 4 nitrogen and oxygen atoms in total. The SMILES string of the molecule is CCNC(=NC)N(C)Cc1cc(Br)cn1C. The summed E-state index contributed by atoms with van der Waals surface area (Å²) in [6.07, 6.45) is 2.05. The van der Waals surface area contributed by atoms with Gasteiger partial charge in [0.2, 0.25) is 0 Å². The third-order valence-corrected chi connectivity index (χ3v) is 2.82. The highest BCUT2D eigenvalue weighted by molar-refractivity contribution is 9.10. The number of rotatable bonds is 3. The molecule has 0 aliphatic carbocycles. The van der Waals surface area contributed by atoms with Crippen LogP contribution in [-0.4, -0.2) is 36.1 Å². The summed E-state index contributed by atoms with van der Waals surface area (Å²) in [5.74, 6) is 0.917. The molecule has 0 saturated carbocycles. The Labute approximate surface area is 105 Å². The third kappa shape index (κ3) is 3.27. The molecule has 1 aromatic rings. The van der Waals surface area contributed by atoms with Crippen LogP contribution in [0, 0.1) is 0 Å². The second kappa shape index (κ2) is 5.94. The van der Waals surface area contributed by atoms with E-state index in [2.05, 4.69) is 54.9 Å². The minimum absolute atomic E-state index is 0.835. The van der Waals surface area contributed by atoms with Crippen LogP contribution in [0.15, 0.2) is 21.7 Å². The monoisotopic (exact) mass is 286 g/mol. The van der Waals surface area contributed by atoms with E-state index in [9.17, 15) is 0 Å². The van der Waals surface area contributed by atoms with Gasteiger partial charge in [-0.05, 0) is 28.9 Å². The highest BCUT2D eigenvalue weighted by atomic mass is 79.9. The van der Waals surface area contributed by atoms with Crippen molar-refractivity contribution in [3.63, 3.8) is 0 Å². The molecule has 0 fully saturated rings. The number of guanidine groups is 1. The Balaban J connectivity index is 2.70. The maximum Gasteiger partial charge on any atom is 0.193 e. The maximum atomic E-state index is 4.22. The molecule has 5 heteroatoms. The largest absolute Gasteiger partial charge is 0.357 e. The molecule has 0 aromatic carbocycles. The highest BCUT2D eigenvalue weighted by Crippen LogP contribution is 2.14. The Morgan fingerprint density at radius 3 is 2.75 bits per heavy atom. The van der Waals surface area contributed by atoms with Crippen LogP contribution in [0.2, 0.25) is 0 Å². The first kappa shape index (κ1) is 13.1. The molecule has 0 amide bonds. The lowest BCUT2D eigenvalue weighted by Gasteiger charge is -2.21. The summed E-state index contributed by atoms with van der Waals surface area (Å²) in [6.45, 7) is 3.79. The maximum absolute atomic E-state index is 4.22. The molecule has 0 spiro atoms. The van der Waals surface area contributed by atoms with Gasteiger partial charge in [-0.25, -0.2) is 0 Å². The topological polar surface area (TPSA) is 32.6 Å². The van der Waals surface area contributed by atoms with E-state index in [-0.39, 0.29) is 0 Å². The highest BCUT2D eigenvalue weighted by Gasteiger charge is 2.08. The van der Waals surface area contributed by atoms with Crippen molar-refractivity contribution in [1.29, 1.82) is 0 Å². The van der Waals surface area contributed by atoms with Gasteiger partial charge in [-0.2, -0.15) is 0 Å². The zero-order chi connectivity index (χ0) is 12.1. The van der Waals surface area contributed by atoms with Gasteiger partial charge < -0.3 is 14.8 Å². The smallest absolute Gasteiger partial charge is 0.193 e. The predicted octanol–water partition coefficient (Wildman–Crippen LogP) is 1.81. The Hall–Kier alpha value is -0.970. The summed E-state index contributed by atoms with van der Waals surface area (Å²) in [7, 11) is 5.88. The van der Waals surface area contributed by atoms with Crippen LogP contribution in [0.1, 0.15) is 12.6 Å². The van der Waals surface area contributed by atoms with E-state index in [1.807, 2.05) is 14.1 Å². The number of halogens is 1. The lowest BCUT2D eigenvalue weighted by molar-refractivity contribution is 0.464. The average Bonchev–Trinajstić information content (AvgIpc) is 2.53. The van der Waals surface area contributed by atoms with Gasteiger partial charge in [-0.15, -0.1) is 0 Å². The molecule has 90 valence electrons. The molecule has 1 aromatic heterocycles. The first-order valence-electron chi connectivity index (χ1n) is 5.31. The predicted molar refractivity (Wildman–Crippen MR) is 71.6 cm³/mol. The van der Waals surface area contributed by atoms with Crippen LogP contribution in [0.5, 0.6) is 0 Å². The number of nitrogens with zero attached hydrogens (tertiary/aromatic N) is 3. The van der Waals surface area contributed by atoms with Crippen molar-refractivity contribution in [2.24, 2.45) is 12.0 Å². The van der Waals surface area contributed by atoms with E-state index < -0.39 is 0 Å². The standard InChI is InChI=1S/C11H19BrN4/c1-5-14-11(13-2)16(4)8-10-6-9(12)7-15(10)3/h6-7H,5,8H2,1-4H3,(H,13,14). The summed E-state index contributed by atoms with van der Waals surface area (Å²) in [5, 5.41) is 3.23. The molecule has 0 aliphatic heterocycles. The van der Waals surface area contributed by atoms with Crippen LogP contribution in [0.4, 0.5) is 0 Å². The van der Waals surface area contributed by atoms with Crippen molar-refractivity contribution in [3.8, 4) is 0 Å².